The fourth-order valence-electron chi connectivity index (χ4n) is 2.23. The Labute approximate surface area is 124 Å². The Balaban J connectivity index is 2.31. The molecule has 6 nitrogen and oxygen atoms in total. The van der Waals surface area contributed by atoms with Crippen molar-refractivity contribution in [2.24, 2.45) is 5.73 Å². The van der Waals surface area contributed by atoms with Crippen LogP contribution in [0, 0.1) is 6.92 Å². The van der Waals surface area contributed by atoms with Crippen molar-refractivity contribution in [1.82, 2.24) is 14.6 Å². The van der Waals surface area contributed by atoms with Gasteiger partial charge in [-0.3, -0.25) is 9.59 Å². The van der Waals surface area contributed by atoms with Gasteiger partial charge in [-0.1, -0.05) is 23.7 Å². The van der Waals surface area contributed by atoms with Crippen LogP contribution in [-0.4, -0.2) is 20.5 Å². The SMILES string of the molecule is Cc1nn2c(=O)cc(-c3ccc(Cl)cc3)[nH]c2c1C(N)=O. The van der Waals surface area contributed by atoms with Gasteiger partial charge in [0.15, 0.2) is 5.65 Å². The summed E-state index contributed by atoms with van der Waals surface area (Å²) in [6, 6.07) is 8.40. The lowest BCUT2D eigenvalue weighted by Gasteiger charge is -2.03. The van der Waals surface area contributed by atoms with Gasteiger partial charge in [0, 0.05) is 11.1 Å². The summed E-state index contributed by atoms with van der Waals surface area (Å²) in [5.41, 5.74) is 7.25. The molecule has 0 unspecified atom stereocenters. The van der Waals surface area contributed by atoms with Crippen molar-refractivity contribution in [3.63, 3.8) is 0 Å². The van der Waals surface area contributed by atoms with Crippen LogP contribution in [0.1, 0.15) is 16.1 Å². The van der Waals surface area contributed by atoms with E-state index < -0.39 is 5.91 Å². The second-order valence-electron chi connectivity index (χ2n) is 4.61. The third kappa shape index (κ3) is 2.19. The molecule has 0 bridgehead atoms. The highest BCUT2D eigenvalue weighted by Crippen LogP contribution is 2.20. The van der Waals surface area contributed by atoms with Crippen LogP contribution in [0.25, 0.3) is 16.9 Å². The number of H-pyrrole nitrogens is 1. The molecule has 0 saturated heterocycles. The van der Waals surface area contributed by atoms with Gasteiger partial charge < -0.3 is 10.7 Å². The number of aromatic nitrogens is 3. The van der Waals surface area contributed by atoms with Crippen LogP contribution < -0.4 is 11.3 Å². The molecule has 0 spiro atoms. The standard InChI is InChI=1S/C14H11ClN4O2/c1-7-12(13(16)21)14-17-10(6-11(20)19(14)18-7)8-2-4-9(15)5-3-8/h2-6,17H,1H3,(H2,16,21). The lowest BCUT2D eigenvalue weighted by Crippen LogP contribution is -2.16. The van der Waals surface area contributed by atoms with Gasteiger partial charge in [0.25, 0.3) is 11.5 Å². The van der Waals surface area contributed by atoms with E-state index in [4.69, 9.17) is 17.3 Å². The van der Waals surface area contributed by atoms with Crippen molar-refractivity contribution < 1.29 is 4.79 Å². The highest BCUT2D eigenvalue weighted by molar-refractivity contribution is 6.30. The van der Waals surface area contributed by atoms with Gasteiger partial charge >= 0.3 is 0 Å². The molecule has 0 fully saturated rings. The largest absolute Gasteiger partial charge is 0.365 e. The molecule has 21 heavy (non-hydrogen) atoms. The Morgan fingerprint density at radius 1 is 1.33 bits per heavy atom. The van der Waals surface area contributed by atoms with Gasteiger partial charge in [0.2, 0.25) is 0 Å². The third-order valence-corrected chi connectivity index (χ3v) is 3.44. The predicted molar refractivity (Wildman–Crippen MR) is 79.5 cm³/mol. The molecule has 0 aliphatic rings. The summed E-state index contributed by atoms with van der Waals surface area (Å²) in [7, 11) is 0. The number of nitrogens with two attached hydrogens (primary N) is 1. The summed E-state index contributed by atoms with van der Waals surface area (Å²) in [6.45, 7) is 1.63. The Kier molecular flexibility index (Phi) is 3.03. The van der Waals surface area contributed by atoms with E-state index in [2.05, 4.69) is 10.1 Å². The first-order chi connectivity index (χ1) is 9.97. The monoisotopic (exact) mass is 302 g/mol. The van der Waals surface area contributed by atoms with Gasteiger partial charge in [-0.05, 0) is 24.6 Å². The molecule has 0 aliphatic heterocycles. The Morgan fingerprint density at radius 3 is 2.62 bits per heavy atom. The number of nitrogens with one attached hydrogen (secondary N) is 1. The minimum Gasteiger partial charge on any atom is -0.365 e. The predicted octanol–water partition coefficient (Wildman–Crippen LogP) is 1.75. The molecule has 1 amide bonds. The molecular formula is C14H11ClN4O2. The number of aromatic amines is 1. The second-order valence-corrected chi connectivity index (χ2v) is 5.05. The smallest absolute Gasteiger partial charge is 0.274 e. The summed E-state index contributed by atoms with van der Waals surface area (Å²) in [4.78, 5) is 26.7. The zero-order valence-electron chi connectivity index (χ0n) is 11.1. The third-order valence-electron chi connectivity index (χ3n) is 3.19. The zero-order valence-corrected chi connectivity index (χ0v) is 11.8. The number of fused-ring (bicyclic) bond motifs is 1. The van der Waals surface area contributed by atoms with Crippen LogP contribution in [-0.2, 0) is 0 Å². The van der Waals surface area contributed by atoms with Crippen molar-refractivity contribution in [3.05, 3.63) is 57.0 Å². The lowest BCUT2D eigenvalue weighted by molar-refractivity contribution is 0.100. The van der Waals surface area contributed by atoms with E-state index in [0.29, 0.717) is 16.4 Å². The summed E-state index contributed by atoms with van der Waals surface area (Å²) >= 11 is 5.85. The number of hydrogen-bond donors (Lipinski definition) is 2. The first-order valence-corrected chi connectivity index (χ1v) is 6.53. The Hall–Kier alpha value is -2.60. The molecule has 0 radical (unpaired) electrons. The van der Waals surface area contributed by atoms with Crippen LogP contribution in [0.4, 0.5) is 0 Å². The van der Waals surface area contributed by atoms with Crippen LogP contribution in [0.3, 0.4) is 0 Å². The number of benzene rings is 1. The van der Waals surface area contributed by atoms with Crippen molar-refractivity contribution in [3.8, 4) is 11.3 Å². The van der Waals surface area contributed by atoms with E-state index in [-0.39, 0.29) is 16.8 Å². The molecule has 2 heterocycles. The maximum absolute atomic E-state index is 12.1. The Bertz CT molecular complexity index is 909. The summed E-state index contributed by atoms with van der Waals surface area (Å²) < 4.78 is 1.13. The molecule has 106 valence electrons. The van der Waals surface area contributed by atoms with Gasteiger partial charge in [-0.15, -0.1) is 0 Å². The number of carbonyl (C=O) groups excluding carboxylic acids is 1. The average Bonchev–Trinajstić information content (AvgIpc) is 2.76. The molecular weight excluding hydrogens is 292 g/mol. The number of hydrogen-bond acceptors (Lipinski definition) is 3. The van der Waals surface area contributed by atoms with Gasteiger partial charge in [-0.2, -0.15) is 9.61 Å². The summed E-state index contributed by atoms with van der Waals surface area (Å²) in [5.74, 6) is -0.633. The molecule has 3 N–H and O–H groups in total. The first kappa shape index (κ1) is 13.4. The normalized spacial score (nSPS) is 11.0. The van der Waals surface area contributed by atoms with Crippen molar-refractivity contribution >= 4 is 23.2 Å². The molecule has 0 saturated carbocycles. The zero-order chi connectivity index (χ0) is 15.1. The van der Waals surface area contributed by atoms with Gasteiger partial charge in [0.05, 0.1) is 11.4 Å². The molecule has 3 rings (SSSR count). The van der Waals surface area contributed by atoms with Crippen molar-refractivity contribution in [1.29, 1.82) is 0 Å². The lowest BCUT2D eigenvalue weighted by atomic mass is 10.1. The van der Waals surface area contributed by atoms with E-state index in [1.165, 1.54) is 6.07 Å². The van der Waals surface area contributed by atoms with Crippen LogP contribution in [0.15, 0.2) is 35.1 Å². The molecule has 0 atom stereocenters. The number of primary amides is 1. The maximum atomic E-state index is 12.1. The number of amides is 1. The van der Waals surface area contributed by atoms with Gasteiger partial charge in [0.1, 0.15) is 5.56 Å². The Morgan fingerprint density at radius 2 is 2.00 bits per heavy atom. The quantitative estimate of drug-likeness (QED) is 0.755. The second kappa shape index (κ2) is 4.75. The molecule has 2 aromatic heterocycles. The topological polar surface area (TPSA) is 93.2 Å². The van der Waals surface area contributed by atoms with E-state index in [9.17, 15) is 9.59 Å². The number of halogens is 1. The minimum absolute atomic E-state index is 0.211. The fourth-order valence-corrected chi connectivity index (χ4v) is 2.36. The average molecular weight is 303 g/mol. The minimum atomic E-state index is -0.633. The molecule has 7 heteroatoms. The van der Waals surface area contributed by atoms with E-state index in [0.717, 1.165) is 10.1 Å². The molecule has 0 aliphatic carbocycles. The van der Waals surface area contributed by atoms with Crippen LogP contribution in [0.5, 0.6) is 0 Å². The first-order valence-electron chi connectivity index (χ1n) is 6.16. The summed E-state index contributed by atoms with van der Waals surface area (Å²) in [6.07, 6.45) is 0. The van der Waals surface area contributed by atoms with E-state index in [1.54, 1.807) is 31.2 Å². The van der Waals surface area contributed by atoms with Crippen molar-refractivity contribution in [2.45, 2.75) is 6.92 Å². The van der Waals surface area contributed by atoms with Gasteiger partial charge in [-0.25, -0.2) is 0 Å². The van der Waals surface area contributed by atoms with E-state index >= 15 is 0 Å². The van der Waals surface area contributed by atoms with Crippen molar-refractivity contribution in [2.75, 3.05) is 0 Å². The number of carbonyl (C=O) groups is 1. The molecule has 1 aromatic carbocycles. The number of rotatable bonds is 2. The molecule has 3 aromatic rings. The van der Waals surface area contributed by atoms with Crippen LogP contribution in [0.2, 0.25) is 5.02 Å². The maximum Gasteiger partial charge on any atom is 0.274 e. The van der Waals surface area contributed by atoms with Crippen LogP contribution >= 0.6 is 11.6 Å². The van der Waals surface area contributed by atoms with E-state index in [1.807, 2.05) is 0 Å². The summed E-state index contributed by atoms with van der Waals surface area (Å²) in [5, 5.41) is 4.63. The fraction of sp³-hybridized carbons (Fsp3) is 0.0714. The number of nitrogens with zero attached hydrogens (tertiary/aromatic N) is 2. The highest BCUT2D eigenvalue weighted by Gasteiger charge is 2.17. The highest BCUT2D eigenvalue weighted by atomic mass is 35.5. The number of aryl methyl sites for hydroxylation is 1.